The van der Waals surface area contributed by atoms with Crippen LogP contribution in [0.4, 0.5) is 0 Å². The third-order valence-corrected chi connectivity index (χ3v) is 2.36. The number of nitro groups is 1. The molecule has 1 aliphatic rings. The molecule has 0 aromatic carbocycles. The Balaban J connectivity index is 2.85. The molecule has 1 rings (SSSR count). The topological polar surface area (TPSA) is 62.0 Å². The fourth-order valence-electron chi connectivity index (χ4n) is 1.19. The number of halogens is 3. The van der Waals surface area contributed by atoms with Gasteiger partial charge in [-0.3, -0.25) is 10.1 Å². The second-order valence-corrected chi connectivity index (χ2v) is 5.12. The van der Waals surface area contributed by atoms with Crippen LogP contribution in [0.5, 0.6) is 0 Å². The summed E-state index contributed by atoms with van der Waals surface area (Å²) in [6, 6.07) is 0. The van der Waals surface area contributed by atoms with Crippen molar-refractivity contribution in [2.24, 2.45) is 5.10 Å². The Bertz CT molecular complexity index is 280. The summed E-state index contributed by atoms with van der Waals surface area (Å²) in [6.45, 7) is 2.31. The van der Waals surface area contributed by atoms with Gasteiger partial charge in [0.2, 0.25) is 0 Å². The molecule has 0 N–H and O–H groups in total. The molecule has 86 valence electrons. The van der Waals surface area contributed by atoms with Gasteiger partial charge in [-0.25, -0.2) is 9.91 Å². The molecule has 9 heteroatoms. The van der Waals surface area contributed by atoms with Crippen LogP contribution in [0, 0.1) is 10.1 Å². The molecular weight excluding hydrogens is 266 g/mol. The standard InChI is InChI=1S/C6H9Cl3N4O2/c1-2-3-12-5(13(14)15)11(4-10-12)6(7,8)9/h4-5H,2-3H2,1H3. The third-order valence-electron chi connectivity index (χ3n) is 1.77. The smallest absolute Gasteiger partial charge is 0.261 e. The van der Waals surface area contributed by atoms with E-state index in [2.05, 4.69) is 5.10 Å². The van der Waals surface area contributed by atoms with Crippen molar-refractivity contribution in [3.63, 3.8) is 0 Å². The van der Waals surface area contributed by atoms with Crippen molar-refractivity contribution < 1.29 is 4.92 Å². The molecule has 15 heavy (non-hydrogen) atoms. The zero-order valence-electron chi connectivity index (χ0n) is 7.81. The van der Waals surface area contributed by atoms with Gasteiger partial charge in [-0.15, -0.1) is 0 Å². The average molecular weight is 276 g/mol. The van der Waals surface area contributed by atoms with E-state index in [1.54, 1.807) is 0 Å². The van der Waals surface area contributed by atoms with Crippen molar-refractivity contribution in [1.82, 2.24) is 9.91 Å². The predicted octanol–water partition coefficient (Wildman–Crippen LogP) is 1.85. The average Bonchev–Trinajstić information content (AvgIpc) is 2.47. The molecule has 0 fully saturated rings. The van der Waals surface area contributed by atoms with Crippen LogP contribution >= 0.6 is 34.8 Å². The van der Waals surface area contributed by atoms with Crippen LogP contribution in [0.25, 0.3) is 0 Å². The van der Waals surface area contributed by atoms with Crippen LogP contribution in [0.1, 0.15) is 13.3 Å². The van der Waals surface area contributed by atoms with Crippen LogP contribution in [0.2, 0.25) is 0 Å². The summed E-state index contributed by atoms with van der Waals surface area (Å²) < 4.78 is -1.87. The summed E-state index contributed by atoms with van der Waals surface area (Å²) in [5.74, 6) is 0. The Morgan fingerprint density at radius 3 is 2.60 bits per heavy atom. The Morgan fingerprint density at radius 1 is 1.60 bits per heavy atom. The maximum Gasteiger partial charge on any atom is 0.387 e. The summed E-state index contributed by atoms with van der Waals surface area (Å²) in [6.07, 6.45) is 0.628. The summed E-state index contributed by atoms with van der Waals surface area (Å²) in [5.41, 5.74) is 0. The van der Waals surface area contributed by atoms with Gasteiger partial charge in [0.05, 0.1) is 4.92 Å². The highest BCUT2D eigenvalue weighted by Crippen LogP contribution is 2.34. The van der Waals surface area contributed by atoms with E-state index in [1.807, 2.05) is 6.92 Å². The van der Waals surface area contributed by atoms with Gasteiger partial charge in [0.1, 0.15) is 6.34 Å². The lowest BCUT2D eigenvalue weighted by atomic mass is 10.5. The van der Waals surface area contributed by atoms with Crippen LogP contribution in [0.3, 0.4) is 0 Å². The fourth-order valence-corrected chi connectivity index (χ4v) is 1.59. The summed E-state index contributed by atoms with van der Waals surface area (Å²) in [7, 11) is 0. The molecule has 6 nitrogen and oxygen atoms in total. The van der Waals surface area contributed by atoms with Crippen LogP contribution in [-0.2, 0) is 0 Å². The number of hydrazone groups is 1. The summed E-state index contributed by atoms with van der Waals surface area (Å²) >= 11 is 16.7. The lowest BCUT2D eigenvalue weighted by Gasteiger charge is -2.27. The molecule has 1 unspecified atom stereocenters. The predicted molar refractivity (Wildman–Crippen MR) is 58.4 cm³/mol. The highest BCUT2D eigenvalue weighted by atomic mass is 35.6. The minimum absolute atomic E-state index is 0.430. The third kappa shape index (κ3) is 2.76. The number of hydrogen-bond acceptors (Lipinski definition) is 5. The van der Waals surface area contributed by atoms with Gasteiger partial charge in [-0.1, -0.05) is 41.7 Å². The van der Waals surface area contributed by atoms with E-state index in [1.165, 1.54) is 5.01 Å². The van der Waals surface area contributed by atoms with Crippen LogP contribution < -0.4 is 0 Å². The van der Waals surface area contributed by atoms with E-state index in [9.17, 15) is 10.1 Å². The summed E-state index contributed by atoms with van der Waals surface area (Å²) in [5, 5.41) is 15.9. The zero-order chi connectivity index (χ0) is 11.6. The SMILES string of the molecule is CCCN1N=CN(C(Cl)(Cl)Cl)C1[N+](=O)[O-]. The van der Waals surface area contributed by atoms with Crippen molar-refractivity contribution in [3.8, 4) is 0 Å². The van der Waals surface area contributed by atoms with E-state index in [4.69, 9.17) is 34.8 Å². The summed E-state index contributed by atoms with van der Waals surface area (Å²) in [4.78, 5) is 11.2. The maximum absolute atomic E-state index is 10.8. The molecule has 1 atom stereocenters. The van der Waals surface area contributed by atoms with Crippen molar-refractivity contribution in [1.29, 1.82) is 0 Å². The molecule has 0 saturated carbocycles. The van der Waals surface area contributed by atoms with Gasteiger partial charge in [0.25, 0.3) is 3.92 Å². The van der Waals surface area contributed by atoms with E-state index in [0.717, 1.165) is 17.7 Å². The molecule has 0 saturated heterocycles. The molecule has 0 radical (unpaired) electrons. The van der Waals surface area contributed by atoms with Crippen LogP contribution in [-0.4, -0.2) is 37.9 Å². The highest BCUT2D eigenvalue weighted by Gasteiger charge is 2.47. The van der Waals surface area contributed by atoms with Gasteiger partial charge in [0.15, 0.2) is 0 Å². The first-order chi connectivity index (χ1) is 6.88. The lowest BCUT2D eigenvalue weighted by Crippen LogP contribution is -2.50. The zero-order valence-corrected chi connectivity index (χ0v) is 10.1. The molecular formula is C6H9Cl3N4O2. The molecule has 0 spiro atoms. The van der Waals surface area contributed by atoms with E-state index in [-0.39, 0.29) is 0 Å². The number of hydrogen-bond donors (Lipinski definition) is 0. The normalized spacial score (nSPS) is 21.2. The second kappa shape index (κ2) is 4.59. The Kier molecular flexibility index (Phi) is 3.86. The van der Waals surface area contributed by atoms with Gasteiger partial charge in [0, 0.05) is 6.54 Å². The van der Waals surface area contributed by atoms with Gasteiger partial charge in [-0.05, 0) is 6.42 Å². The van der Waals surface area contributed by atoms with E-state index in [0.29, 0.717) is 6.54 Å². The monoisotopic (exact) mass is 274 g/mol. The molecule has 0 aromatic rings. The molecule has 1 aliphatic heterocycles. The van der Waals surface area contributed by atoms with E-state index >= 15 is 0 Å². The van der Waals surface area contributed by atoms with Gasteiger partial charge < -0.3 is 0 Å². The highest BCUT2D eigenvalue weighted by molar-refractivity contribution is 6.67. The number of alkyl halides is 3. The van der Waals surface area contributed by atoms with Crippen LogP contribution in [0.15, 0.2) is 5.10 Å². The maximum atomic E-state index is 10.8. The Hall–Kier alpha value is -0.460. The lowest BCUT2D eigenvalue weighted by molar-refractivity contribution is -0.571. The minimum atomic E-state index is -1.87. The van der Waals surface area contributed by atoms with Crippen molar-refractivity contribution in [3.05, 3.63) is 10.1 Å². The van der Waals surface area contributed by atoms with Gasteiger partial charge in [-0.2, -0.15) is 5.10 Å². The van der Waals surface area contributed by atoms with Crippen molar-refractivity contribution in [2.75, 3.05) is 6.54 Å². The van der Waals surface area contributed by atoms with Crippen molar-refractivity contribution >= 4 is 41.1 Å². The first-order valence-electron chi connectivity index (χ1n) is 4.17. The molecule has 0 amide bonds. The first-order valence-corrected chi connectivity index (χ1v) is 5.30. The number of rotatable bonds is 3. The quantitative estimate of drug-likeness (QED) is 0.341. The Labute approximate surface area is 102 Å². The second-order valence-electron chi connectivity index (χ2n) is 2.90. The molecule has 1 heterocycles. The van der Waals surface area contributed by atoms with E-state index < -0.39 is 15.1 Å². The first kappa shape index (κ1) is 12.6. The fraction of sp³-hybridized carbons (Fsp3) is 0.833. The molecule has 0 aliphatic carbocycles. The molecule has 0 aromatic heterocycles. The largest absolute Gasteiger partial charge is 0.387 e. The number of nitrogens with zero attached hydrogens (tertiary/aromatic N) is 4. The molecule has 0 bridgehead atoms. The Morgan fingerprint density at radius 2 is 2.20 bits per heavy atom. The minimum Gasteiger partial charge on any atom is -0.261 e. The van der Waals surface area contributed by atoms with Crippen molar-refractivity contribution in [2.45, 2.75) is 23.6 Å². The van der Waals surface area contributed by atoms with Gasteiger partial charge >= 0.3 is 6.29 Å².